The summed E-state index contributed by atoms with van der Waals surface area (Å²) in [5.74, 6) is 1.14. The highest BCUT2D eigenvalue weighted by Crippen LogP contribution is 2.27. The molecule has 2 heterocycles. The first kappa shape index (κ1) is 21.1. The van der Waals surface area contributed by atoms with Gasteiger partial charge >= 0.3 is 0 Å². The van der Waals surface area contributed by atoms with Gasteiger partial charge in [-0.15, -0.1) is 0 Å². The molecule has 0 saturated carbocycles. The first-order valence-corrected chi connectivity index (χ1v) is 11.2. The predicted octanol–water partition coefficient (Wildman–Crippen LogP) is 3.52. The lowest BCUT2D eigenvalue weighted by atomic mass is 9.99. The van der Waals surface area contributed by atoms with Gasteiger partial charge in [0.2, 0.25) is 0 Å². The lowest BCUT2D eigenvalue weighted by molar-refractivity contribution is 0.0652. The van der Waals surface area contributed by atoms with Gasteiger partial charge in [-0.25, -0.2) is 0 Å². The van der Waals surface area contributed by atoms with E-state index in [9.17, 15) is 9.59 Å². The molecule has 0 spiro atoms. The van der Waals surface area contributed by atoms with Crippen molar-refractivity contribution in [3.05, 3.63) is 71.3 Å². The molecule has 2 aliphatic rings. The van der Waals surface area contributed by atoms with Gasteiger partial charge in [-0.05, 0) is 43.9 Å². The van der Waals surface area contributed by atoms with E-state index >= 15 is 0 Å². The van der Waals surface area contributed by atoms with Gasteiger partial charge in [0.1, 0.15) is 0 Å². The highest BCUT2D eigenvalue weighted by atomic mass is 16.2. The zero-order valence-corrected chi connectivity index (χ0v) is 18.1. The van der Waals surface area contributed by atoms with Crippen molar-refractivity contribution in [2.24, 2.45) is 4.99 Å². The molecule has 1 saturated heterocycles. The van der Waals surface area contributed by atoms with E-state index in [2.05, 4.69) is 47.5 Å². The van der Waals surface area contributed by atoms with Crippen molar-refractivity contribution in [3.8, 4) is 0 Å². The smallest absolute Gasteiger partial charge is 0.261 e. The minimum Gasteiger partial charge on any atom is -0.357 e. The zero-order chi connectivity index (χ0) is 21.6. The normalized spacial score (nSPS) is 18.6. The Kier molecular flexibility index (Phi) is 6.65. The van der Waals surface area contributed by atoms with E-state index in [4.69, 9.17) is 4.99 Å². The number of carbonyl (C=O) groups is 2. The van der Waals surface area contributed by atoms with Gasteiger partial charge in [0.25, 0.3) is 11.8 Å². The number of benzene rings is 2. The summed E-state index contributed by atoms with van der Waals surface area (Å²) in [6.07, 6.45) is 2.72. The summed E-state index contributed by atoms with van der Waals surface area (Å²) in [5, 5.41) is 3.41. The Morgan fingerprint density at radius 2 is 1.68 bits per heavy atom. The monoisotopic (exact) mass is 418 g/mol. The summed E-state index contributed by atoms with van der Waals surface area (Å²) in [5.41, 5.74) is 2.42. The van der Waals surface area contributed by atoms with Crippen molar-refractivity contribution in [2.75, 3.05) is 32.7 Å². The van der Waals surface area contributed by atoms with Crippen LogP contribution in [0.1, 0.15) is 58.4 Å². The number of hydrogen-bond donors (Lipinski definition) is 1. The van der Waals surface area contributed by atoms with E-state index in [0.717, 1.165) is 44.9 Å². The zero-order valence-electron chi connectivity index (χ0n) is 18.1. The summed E-state index contributed by atoms with van der Waals surface area (Å²) in [6.45, 7) is 6.02. The number of imide groups is 1. The first-order chi connectivity index (χ1) is 15.2. The molecule has 0 bridgehead atoms. The third kappa shape index (κ3) is 4.63. The molecule has 0 radical (unpaired) electrons. The van der Waals surface area contributed by atoms with Crippen molar-refractivity contribution in [1.82, 2.24) is 15.1 Å². The molecular formula is C25H30N4O2. The number of nitrogens with one attached hydrogen (secondary N) is 1. The van der Waals surface area contributed by atoms with Crippen LogP contribution in [0, 0.1) is 0 Å². The minimum absolute atomic E-state index is 0.179. The van der Waals surface area contributed by atoms with Crippen LogP contribution in [0.4, 0.5) is 0 Å². The average molecular weight is 419 g/mol. The molecule has 1 atom stereocenters. The van der Waals surface area contributed by atoms with Crippen molar-refractivity contribution >= 4 is 17.8 Å². The fraction of sp³-hybridized carbons (Fsp3) is 0.400. The third-order valence-corrected chi connectivity index (χ3v) is 6.02. The Labute approximate surface area is 184 Å². The predicted molar refractivity (Wildman–Crippen MR) is 122 cm³/mol. The van der Waals surface area contributed by atoms with Gasteiger partial charge in [-0.1, -0.05) is 42.5 Å². The topological polar surface area (TPSA) is 65.0 Å². The lowest BCUT2D eigenvalue weighted by Gasteiger charge is -2.22. The first-order valence-electron chi connectivity index (χ1n) is 11.2. The van der Waals surface area contributed by atoms with Gasteiger partial charge in [-0.2, -0.15) is 0 Å². The van der Waals surface area contributed by atoms with Crippen LogP contribution in [-0.2, 0) is 0 Å². The van der Waals surface area contributed by atoms with E-state index in [1.165, 1.54) is 10.5 Å². The summed E-state index contributed by atoms with van der Waals surface area (Å²) in [4.78, 5) is 33.4. The van der Waals surface area contributed by atoms with Gasteiger partial charge in [0.05, 0.1) is 11.1 Å². The Bertz CT molecular complexity index is 922. The number of guanidine groups is 1. The van der Waals surface area contributed by atoms with Gasteiger partial charge in [0, 0.05) is 38.6 Å². The number of hydrogen-bond acceptors (Lipinski definition) is 3. The summed E-state index contributed by atoms with van der Waals surface area (Å²) >= 11 is 0. The molecule has 31 heavy (non-hydrogen) atoms. The van der Waals surface area contributed by atoms with Crippen LogP contribution in [0.2, 0.25) is 0 Å². The summed E-state index contributed by atoms with van der Waals surface area (Å²) < 4.78 is 0. The van der Waals surface area contributed by atoms with E-state index < -0.39 is 0 Å². The minimum atomic E-state index is -0.179. The van der Waals surface area contributed by atoms with Crippen LogP contribution in [0.3, 0.4) is 0 Å². The van der Waals surface area contributed by atoms with E-state index in [1.807, 2.05) is 0 Å². The maximum absolute atomic E-state index is 12.4. The van der Waals surface area contributed by atoms with Gasteiger partial charge in [-0.3, -0.25) is 19.5 Å². The van der Waals surface area contributed by atoms with Crippen LogP contribution in [-0.4, -0.2) is 60.3 Å². The van der Waals surface area contributed by atoms with Crippen LogP contribution >= 0.6 is 0 Å². The van der Waals surface area contributed by atoms with Crippen LogP contribution in [0.15, 0.2) is 59.6 Å². The molecule has 6 heteroatoms. The highest BCUT2D eigenvalue weighted by Gasteiger charge is 2.34. The van der Waals surface area contributed by atoms with Crippen LogP contribution in [0.25, 0.3) is 0 Å². The summed E-state index contributed by atoms with van der Waals surface area (Å²) in [6, 6.07) is 17.7. The number of rotatable bonds is 7. The molecule has 1 unspecified atom stereocenters. The number of fused-ring (bicyclic) bond motifs is 1. The molecule has 4 rings (SSSR count). The molecule has 0 aromatic heterocycles. The van der Waals surface area contributed by atoms with Gasteiger partial charge in [0.15, 0.2) is 5.96 Å². The van der Waals surface area contributed by atoms with E-state index in [1.54, 1.807) is 24.3 Å². The second-order valence-electron chi connectivity index (χ2n) is 8.09. The molecule has 2 aromatic rings. The molecule has 2 aromatic carbocycles. The standard InChI is InChI=1S/C25H30N4O2/c1-2-26-25(28-17-14-20(18-28)19-10-4-3-5-11-19)27-15-8-9-16-29-23(30)21-12-6-7-13-22(21)24(29)31/h3-7,10-13,20H,2,8-9,14-18H2,1H3,(H,26,27). The highest BCUT2D eigenvalue weighted by molar-refractivity contribution is 6.21. The Hall–Kier alpha value is -3.15. The fourth-order valence-electron chi connectivity index (χ4n) is 4.38. The maximum atomic E-state index is 12.4. The Morgan fingerprint density at radius 3 is 2.35 bits per heavy atom. The SMILES string of the molecule is CCNC(=NCCCCN1C(=O)c2ccccc2C1=O)N1CCC(c2ccccc2)C1. The number of unbranched alkanes of at least 4 members (excludes halogenated alkanes) is 1. The van der Waals surface area contributed by atoms with Crippen molar-refractivity contribution < 1.29 is 9.59 Å². The average Bonchev–Trinajstić information content (AvgIpc) is 3.38. The number of nitrogens with zero attached hydrogens (tertiary/aromatic N) is 3. The second-order valence-corrected chi connectivity index (χ2v) is 8.09. The van der Waals surface area contributed by atoms with Crippen molar-refractivity contribution in [2.45, 2.75) is 32.1 Å². The maximum Gasteiger partial charge on any atom is 0.261 e. The Balaban J connectivity index is 1.27. The lowest BCUT2D eigenvalue weighted by Crippen LogP contribution is -2.40. The number of carbonyl (C=O) groups excluding carboxylic acids is 2. The fourth-order valence-corrected chi connectivity index (χ4v) is 4.38. The molecule has 162 valence electrons. The molecule has 2 aliphatic heterocycles. The number of aliphatic imine (C=N–C) groups is 1. The summed E-state index contributed by atoms with van der Waals surface area (Å²) in [7, 11) is 0. The second kappa shape index (κ2) is 9.77. The largest absolute Gasteiger partial charge is 0.357 e. The quantitative estimate of drug-likeness (QED) is 0.323. The van der Waals surface area contributed by atoms with Crippen molar-refractivity contribution in [1.29, 1.82) is 0 Å². The molecule has 2 amide bonds. The number of likely N-dealkylation sites (tertiary alicyclic amines) is 1. The molecular weight excluding hydrogens is 388 g/mol. The third-order valence-electron chi connectivity index (χ3n) is 6.02. The molecule has 0 aliphatic carbocycles. The van der Waals surface area contributed by atoms with E-state index in [-0.39, 0.29) is 11.8 Å². The van der Waals surface area contributed by atoms with Gasteiger partial charge < -0.3 is 10.2 Å². The van der Waals surface area contributed by atoms with Crippen molar-refractivity contribution in [3.63, 3.8) is 0 Å². The molecule has 6 nitrogen and oxygen atoms in total. The Morgan fingerprint density at radius 1 is 1.00 bits per heavy atom. The van der Waals surface area contributed by atoms with Crippen LogP contribution < -0.4 is 5.32 Å². The molecule has 1 N–H and O–H groups in total. The van der Waals surface area contributed by atoms with E-state index in [0.29, 0.717) is 30.1 Å². The van der Waals surface area contributed by atoms with Crippen LogP contribution in [0.5, 0.6) is 0 Å². The number of amides is 2. The molecule has 1 fully saturated rings.